The number of hydrogen-bond donors (Lipinski definition) is 1. The van der Waals surface area contributed by atoms with Crippen molar-refractivity contribution in [2.24, 2.45) is 0 Å². The van der Waals surface area contributed by atoms with Gasteiger partial charge in [-0.25, -0.2) is 0 Å². The average molecular weight is 270 g/mol. The molecular formula is C17H34O2. The van der Waals surface area contributed by atoms with Gasteiger partial charge in [-0.3, -0.25) is 0 Å². The van der Waals surface area contributed by atoms with Gasteiger partial charge in [0, 0.05) is 0 Å². The van der Waals surface area contributed by atoms with Crippen molar-refractivity contribution in [3.63, 3.8) is 0 Å². The summed E-state index contributed by atoms with van der Waals surface area (Å²) in [4.78, 5) is 0. The SMILES string of the molecule is C=C/C=C(\C=C)OCC(O)CC.C=CC.CC.CC. The third-order valence-corrected chi connectivity index (χ3v) is 1.40. The molecule has 0 aliphatic heterocycles. The summed E-state index contributed by atoms with van der Waals surface area (Å²) < 4.78 is 5.21. The summed E-state index contributed by atoms with van der Waals surface area (Å²) in [5.41, 5.74) is 0. The molecule has 0 heterocycles. The molecule has 0 aromatic carbocycles. The lowest BCUT2D eigenvalue weighted by Crippen LogP contribution is -2.12. The Kier molecular flexibility index (Phi) is 41.7. The topological polar surface area (TPSA) is 29.5 Å². The summed E-state index contributed by atoms with van der Waals surface area (Å²) >= 11 is 0. The van der Waals surface area contributed by atoms with E-state index in [4.69, 9.17) is 9.84 Å². The zero-order chi connectivity index (χ0) is 16.1. The summed E-state index contributed by atoms with van der Waals surface area (Å²) in [6, 6.07) is 0. The molecule has 0 bridgehead atoms. The monoisotopic (exact) mass is 270 g/mol. The van der Waals surface area contributed by atoms with Gasteiger partial charge in [0.05, 0.1) is 6.10 Å². The van der Waals surface area contributed by atoms with Crippen molar-refractivity contribution in [2.75, 3.05) is 6.61 Å². The fourth-order valence-corrected chi connectivity index (χ4v) is 0.602. The molecule has 1 N–H and O–H groups in total. The van der Waals surface area contributed by atoms with Crippen molar-refractivity contribution in [1.29, 1.82) is 0 Å². The average Bonchev–Trinajstić information content (AvgIpc) is 2.48. The Morgan fingerprint density at radius 2 is 1.58 bits per heavy atom. The third kappa shape index (κ3) is 31.5. The summed E-state index contributed by atoms with van der Waals surface area (Å²) in [6.45, 7) is 22.5. The van der Waals surface area contributed by atoms with Crippen LogP contribution in [0.5, 0.6) is 0 Å². The van der Waals surface area contributed by atoms with Crippen molar-refractivity contribution in [2.45, 2.75) is 54.1 Å². The van der Waals surface area contributed by atoms with Crippen molar-refractivity contribution < 1.29 is 9.84 Å². The van der Waals surface area contributed by atoms with E-state index in [-0.39, 0.29) is 0 Å². The minimum Gasteiger partial charge on any atom is -0.491 e. The molecule has 0 rings (SSSR count). The van der Waals surface area contributed by atoms with Crippen LogP contribution in [0.1, 0.15) is 48.0 Å². The Morgan fingerprint density at radius 1 is 1.16 bits per heavy atom. The minimum absolute atomic E-state index is 0.308. The molecule has 0 aliphatic rings. The Bertz CT molecular complexity index is 205. The van der Waals surface area contributed by atoms with Gasteiger partial charge in [-0.15, -0.1) is 6.58 Å². The smallest absolute Gasteiger partial charge is 0.118 e. The lowest BCUT2D eigenvalue weighted by atomic mass is 10.3. The third-order valence-electron chi connectivity index (χ3n) is 1.40. The van der Waals surface area contributed by atoms with E-state index in [0.717, 1.165) is 0 Å². The van der Waals surface area contributed by atoms with Crippen LogP contribution < -0.4 is 0 Å². The number of aliphatic hydroxyl groups is 1. The van der Waals surface area contributed by atoms with E-state index >= 15 is 0 Å². The summed E-state index contributed by atoms with van der Waals surface area (Å²) in [6.07, 6.45) is 6.95. The zero-order valence-electron chi connectivity index (χ0n) is 13.8. The zero-order valence-corrected chi connectivity index (χ0v) is 13.8. The fourth-order valence-electron chi connectivity index (χ4n) is 0.602. The lowest BCUT2D eigenvalue weighted by molar-refractivity contribution is 0.0733. The lowest BCUT2D eigenvalue weighted by Gasteiger charge is -2.09. The molecule has 0 aliphatic carbocycles. The highest BCUT2D eigenvalue weighted by Gasteiger charge is 2.00. The molecular weight excluding hydrogens is 236 g/mol. The van der Waals surface area contributed by atoms with Crippen molar-refractivity contribution in [1.82, 2.24) is 0 Å². The van der Waals surface area contributed by atoms with Gasteiger partial charge in [-0.2, -0.15) is 0 Å². The first-order valence-corrected chi connectivity index (χ1v) is 6.99. The first-order chi connectivity index (χ1) is 9.15. The predicted molar refractivity (Wildman–Crippen MR) is 89.3 cm³/mol. The standard InChI is InChI=1S/C10H16O2.C3H6.2C2H6/c1-4-7-10(6-3)12-8-9(11)5-2;1-3-2;2*1-2/h4,6-7,9,11H,1,3,5,8H2,2H3;3H,1H2,2H3;2*1-2H3/b10-7+;;;. The molecule has 0 radical (unpaired) electrons. The molecule has 19 heavy (non-hydrogen) atoms. The van der Waals surface area contributed by atoms with E-state index in [1.165, 1.54) is 0 Å². The van der Waals surface area contributed by atoms with E-state index in [2.05, 4.69) is 19.7 Å². The van der Waals surface area contributed by atoms with E-state index in [9.17, 15) is 0 Å². The number of hydrogen-bond acceptors (Lipinski definition) is 2. The number of aliphatic hydroxyl groups excluding tert-OH is 1. The van der Waals surface area contributed by atoms with Crippen molar-refractivity contribution >= 4 is 0 Å². The highest BCUT2D eigenvalue weighted by Crippen LogP contribution is 2.01. The van der Waals surface area contributed by atoms with Gasteiger partial charge in [-0.1, -0.05) is 59.9 Å². The van der Waals surface area contributed by atoms with E-state index < -0.39 is 6.10 Å². The molecule has 0 amide bonds. The van der Waals surface area contributed by atoms with Crippen LogP contribution >= 0.6 is 0 Å². The van der Waals surface area contributed by atoms with Crippen LogP contribution in [0, 0.1) is 0 Å². The Hall–Kier alpha value is -1.28. The number of allylic oxidation sites excluding steroid dienone is 4. The van der Waals surface area contributed by atoms with Crippen LogP contribution in [0.2, 0.25) is 0 Å². The van der Waals surface area contributed by atoms with Gasteiger partial charge in [0.2, 0.25) is 0 Å². The highest BCUT2D eigenvalue weighted by atomic mass is 16.5. The molecule has 0 saturated carbocycles. The molecule has 0 saturated heterocycles. The largest absolute Gasteiger partial charge is 0.491 e. The summed E-state index contributed by atoms with van der Waals surface area (Å²) in [5.74, 6) is 0.637. The molecule has 114 valence electrons. The molecule has 2 nitrogen and oxygen atoms in total. The quantitative estimate of drug-likeness (QED) is 0.404. The molecule has 0 fully saturated rings. The fraction of sp³-hybridized carbons (Fsp3) is 0.529. The maximum atomic E-state index is 9.16. The van der Waals surface area contributed by atoms with Crippen LogP contribution in [0.25, 0.3) is 0 Å². The van der Waals surface area contributed by atoms with Crippen LogP contribution in [0.15, 0.2) is 49.8 Å². The number of rotatable bonds is 6. The molecule has 1 atom stereocenters. The van der Waals surface area contributed by atoms with Crippen LogP contribution in [-0.2, 0) is 4.74 Å². The minimum atomic E-state index is -0.404. The predicted octanol–water partition coefficient (Wildman–Crippen LogP) is 5.27. The molecule has 0 spiro atoms. The second-order valence-corrected chi connectivity index (χ2v) is 2.79. The molecule has 1 unspecified atom stereocenters. The van der Waals surface area contributed by atoms with Gasteiger partial charge in [0.25, 0.3) is 0 Å². The number of ether oxygens (including phenoxy) is 1. The molecule has 2 heteroatoms. The van der Waals surface area contributed by atoms with Crippen molar-refractivity contribution in [3.05, 3.63) is 49.8 Å². The van der Waals surface area contributed by atoms with Gasteiger partial charge in [0.15, 0.2) is 0 Å². The second-order valence-electron chi connectivity index (χ2n) is 2.79. The first-order valence-electron chi connectivity index (χ1n) is 6.99. The van der Waals surface area contributed by atoms with E-state index in [1.54, 1.807) is 24.3 Å². The Morgan fingerprint density at radius 3 is 1.84 bits per heavy atom. The van der Waals surface area contributed by atoms with Crippen molar-refractivity contribution in [3.8, 4) is 0 Å². The van der Waals surface area contributed by atoms with Crippen LogP contribution in [0.3, 0.4) is 0 Å². The van der Waals surface area contributed by atoms with Gasteiger partial charge in [-0.05, 0) is 25.5 Å². The molecule has 0 aromatic heterocycles. The Labute approximate surface area is 121 Å². The van der Waals surface area contributed by atoms with Crippen LogP contribution in [0.4, 0.5) is 0 Å². The van der Waals surface area contributed by atoms with E-state index in [0.29, 0.717) is 18.8 Å². The highest BCUT2D eigenvalue weighted by molar-refractivity contribution is 5.14. The normalized spacial score (nSPS) is 9.95. The van der Waals surface area contributed by atoms with Gasteiger partial charge < -0.3 is 9.84 Å². The first kappa shape index (κ1) is 26.3. The Balaban J connectivity index is -0.000000136. The van der Waals surface area contributed by atoms with E-state index in [1.807, 2.05) is 41.5 Å². The summed E-state index contributed by atoms with van der Waals surface area (Å²) in [7, 11) is 0. The van der Waals surface area contributed by atoms with Crippen LogP contribution in [-0.4, -0.2) is 17.8 Å². The summed E-state index contributed by atoms with van der Waals surface area (Å²) in [5, 5.41) is 9.16. The van der Waals surface area contributed by atoms with Gasteiger partial charge in [0.1, 0.15) is 12.4 Å². The molecule has 0 aromatic rings. The maximum Gasteiger partial charge on any atom is 0.118 e. The second kappa shape index (κ2) is 30.1. The maximum absolute atomic E-state index is 9.16. The van der Waals surface area contributed by atoms with Gasteiger partial charge >= 0.3 is 0 Å².